The van der Waals surface area contributed by atoms with Crippen LogP contribution in [0.15, 0.2) is 18.5 Å². The molecule has 0 bridgehead atoms. The second-order valence-corrected chi connectivity index (χ2v) is 5.07. The van der Waals surface area contributed by atoms with E-state index in [1.54, 1.807) is 13.3 Å². The van der Waals surface area contributed by atoms with Gasteiger partial charge >= 0.3 is 0 Å². The summed E-state index contributed by atoms with van der Waals surface area (Å²) in [6, 6.07) is 2.07. The van der Waals surface area contributed by atoms with E-state index >= 15 is 0 Å². The molecule has 4 nitrogen and oxygen atoms in total. The largest absolute Gasteiger partial charge is 0.495 e. The minimum Gasteiger partial charge on any atom is -0.495 e. The van der Waals surface area contributed by atoms with Crippen molar-refractivity contribution in [3.05, 3.63) is 18.5 Å². The number of hydrogen-bond donors (Lipinski definition) is 1. The van der Waals surface area contributed by atoms with Crippen LogP contribution in [0, 0.1) is 0 Å². The molecule has 2 aliphatic heterocycles. The molecule has 92 valence electrons. The molecule has 1 aromatic rings. The Labute approximate surface area is 102 Å². The molecule has 0 amide bonds. The maximum Gasteiger partial charge on any atom is 0.139 e. The van der Waals surface area contributed by atoms with Crippen LogP contribution >= 0.6 is 0 Å². The summed E-state index contributed by atoms with van der Waals surface area (Å²) in [6.45, 7) is 3.38. The number of pyridine rings is 1. The Morgan fingerprint density at radius 1 is 1.41 bits per heavy atom. The van der Waals surface area contributed by atoms with E-state index < -0.39 is 0 Å². The number of aromatic nitrogens is 1. The third-order valence-corrected chi connectivity index (χ3v) is 3.99. The van der Waals surface area contributed by atoms with E-state index in [4.69, 9.17) is 4.74 Å². The van der Waals surface area contributed by atoms with E-state index in [0.29, 0.717) is 5.54 Å². The molecule has 4 heteroatoms. The number of nitrogens with zero attached hydrogens (tertiary/aromatic N) is 2. The Hall–Kier alpha value is -1.29. The molecule has 2 fully saturated rings. The molecule has 3 heterocycles. The summed E-state index contributed by atoms with van der Waals surface area (Å²) in [7, 11) is 1.69. The van der Waals surface area contributed by atoms with Crippen molar-refractivity contribution in [1.29, 1.82) is 0 Å². The van der Waals surface area contributed by atoms with Crippen molar-refractivity contribution in [2.24, 2.45) is 0 Å². The van der Waals surface area contributed by atoms with E-state index in [1.165, 1.54) is 31.5 Å². The maximum atomic E-state index is 5.23. The lowest BCUT2D eigenvalue weighted by molar-refractivity contribution is 0.412. The van der Waals surface area contributed by atoms with E-state index in [-0.39, 0.29) is 0 Å². The molecule has 0 radical (unpaired) electrons. The fourth-order valence-electron chi connectivity index (χ4n) is 3.00. The number of ether oxygens (including phenoxy) is 1. The molecule has 1 unspecified atom stereocenters. The Morgan fingerprint density at radius 3 is 3.12 bits per heavy atom. The summed E-state index contributed by atoms with van der Waals surface area (Å²) < 4.78 is 5.23. The lowest BCUT2D eigenvalue weighted by atomic mass is 9.97. The van der Waals surface area contributed by atoms with Crippen LogP contribution in [0.2, 0.25) is 0 Å². The highest BCUT2D eigenvalue weighted by atomic mass is 16.5. The summed E-state index contributed by atoms with van der Waals surface area (Å²) in [6.07, 6.45) is 7.54. The molecular weight excluding hydrogens is 214 g/mol. The lowest BCUT2D eigenvalue weighted by Gasteiger charge is -2.25. The maximum absolute atomic E-state index is 5.23. The van der Waals surface area contributed by atoms with Gasteiger partial charge in [0.1, 0.15) is 5.75 Å². The van der Waals surface area contributed by atoms with Gasteiger partial charge in [0.2, 0.25) is 0 Å². The normalized spacial score (nSPS) is 27.9. The van der Waals surface area contributed by atoms with Gasteiger partial charge < -0.3 is 15.0 Å². The van der Waals surface area contributed by atoms with Crippen LogP contribution in [0.1, 0.15) is 19.3 Å². The first kappa shape index (κ1) is 10.8. The van der Waals surface area contributed by atoms with Crippen LogP contribution in [-0.2, 0) is 0 Å². The summed E-state index contributed by atoms with van der Waals surface area (Å²) in [4.78, 5) is 6.64. The minimum atomic E-state index is 0.364. The molecule has 1 aromatic heterocycles. The summed E-state index contributed by atoms with van der Waals surface area (Å²) in [5, 5.41) is 3.67. The highest BCUT2D eigenvalue weighted by molar-refractivity contribution is 5.50. The van der Waals surface area contributed by atoms with Gasteiger partial charge in [0.25, 0.3) is 0 Å². The highest BCUT2D eigenvalue weighted by Gasteiger charge is 2.40. The molecule has 2 saturated heterocycles. The SMILES string of the molecule is COc1cncc(N2CCC3(CCCN3)C2)c1. The first-order valence-electron chi connectivity index (χ1n) is 6.30. The van der Waals surface area contributed by atoms with Crippen LogP contribution in [0.3, 0.4) is 0 Å². The zero-order chi connectivity index (χ0) is 11.7. The molecule has 3 rings (SSSR count). The van der Waals surface area contributed by atoms with Gasteiger partial charge in [-0.3, -0.25) is 4.98 Å². The van der Waals surface area contributed by atoms with E-state index in [2.05, 4.69) is 21.3 Å². The van der Waals surface area contributed by atoms with Crippen LogP contribution in [0.5, 0.6) is 5.75 Å². The summed E-state index contributed by atoms with van der Waals surface area (Å²) in [5.74, 6) is 0.836. The predicted molar refractivity (Wildman–Crippen MR) is 67.6 cm³/mol. The lowest BCUT2D eigenvalue weighted by Crippen LogP contribution is -2.42. The molecular formula is C13H19N3O. The monoisotopic (exact) mass is 233 g/mol. The zero-order valence-electron chi connectivity index (χ0n) is 10.3. The minimum absolute atomic E-state index is 0.364. The Morgan fingerprint density at radius 2 is 2.35 bits per heavy atom. The van der Waals surface area contributed by atoms with Gasteiger partial charge in [0.15, 0.2) is 0 Å². The van der Waals surface area contributed by atoms with Gasteiger partial charge in [0, 0.05) is 24.7 Å². The van der Waals surface area contributed by atoms with E-state index in [1.807, 2.05) is 6.20 Å². The van der Waals surface area contributed by atoms with E-state index in [9.17, 15) is 0 Å². The number of nitrogens with one attached hydrogen (secondary N) is 1. The summed E-state index contributed by atoms with van der Waals surface area (Å²) >= 11 is 0. The number of anilines is 1. The molecule has 1 atom stereocenters. The number of hydrogen-bond acceptors (Lipinski definition) is 4. The third-order valence-electron chi connectivity index (χ3n) is 3.99. The number of methoxy groups -OCH3 is 1. The predicted octanol–water partition coefficient (Wildman–Crippen LogP) is 1.42. The zero-order valence-corrected chi connectivity index (χ0v) is 10.3. The first-order valence-corrected chi connectivity index (χ1v) is 6.30. The Kier molecular flexibility index (Phi) is 2.67. The quantitative estimate of drug-likeness (QED) is 0.838. The van der Waals surface area contributed by atoms with Gasteiger partial charge in [0.05, 0.1) is 25.2 Å². The molecule has 2 aliphatic rings. The van der Waals surface area contributed by atoms with Crippen LogP contribution in [0.25, 0.3) is 0 Å². The smallest absolute Gasteiger partial charge is 0.139 e. The van der Waals surface area contributed by atoms with Crippen molar-refractivity contribution in [2.75, 3.05) is 31.6 Å². The van der Waals surface area contributed by atoms with Crippen LogP contribution < -0.4 is 15.0 Å². The highest BCUT2D eigenvalue weighted by Crippen LogP contribution is 2.33. The second kappa shape index (κ2) is 4.18. The Bertz CT molecular complexity index is 401. The fourth-order valence-corrected chi connectivity index (χ4v) is 3.00. The third kappa shape index (κ3) is 1.97. The second-order valence-electron chi connectivity index (χ2n) is 5.07. The Balaban J connectivity index is 1.77. The average molecular weight is 233 g/mol. The van der Waals surface area contributed by atoms with Gasteiger partial charge in [-0.15, -0.1) is 0 Å². The summed E-state index contributed by atoms with van der Waals surface area (Å²) in [5.41, 5.74) is 1.54. The van der Waals surface area contributed by atoms with Gasteiger partial charge in [-0.05, 0) is 25.8 Å². The average Bonchev–Trinajstić information content (AvgIpc) is 3.01. The van der Waals surface area contributed by atoms with Crippen molar-refractivity contribution in [3.63, 3.8) is 0 Å². The first-order chi connectivity index (χ1) is 8.31. The molecule has 0 saturated carbocycles. The van der Waals surface area contributed by atoms with Gasteiger partial charge in [-0.2, -0.15) is 0 Å². The topological polar surface area (TPSA) is 37.4 Å². The van der Waals surface area contributed by atoms with Crippen molar-refractivity contribution >= 4 is 5.69 Å². The fraction of sp³-hybridized carbons (Fsp3) is 0.615. The van der Waals surface area contributed by atoms with Crippen LogP contribution in [-0.4, -0.2) is 37.3 Å². The number of rotatable bonds is 2. The van der Waals surface area contributed by atoms with Gasteiger partial charge in [-0.25, -0.2) is 0 Å². The molecule has 17 heavy (non-hydrogen) atoms. The van der Waals surface area contributed by atoms with Crippen molar-refractivity contribution in [1.82, 2.24) is 10.3 Å². The molecule has 0 aliphatic carbocycles. The molecule has 1 N–H and O–H groups in total. The molecule has 0 aromatic carbocycles. The van der Waals surface area contributed by atoms with Gasteiger partial charge in [-0.1, -0.05) is 0 Å². The van der Waals surface area contributed by atoms with Crippen LogP contribution in [0.4, 0.5) is 5.69 Å². The molecule has 1 spiro atoms. The van der Waals surface area contributed by atoms with Crippen molar-refractivity contribution < 1.29 is 4.74 Å². The standard InChI is InChI=1S/C13H19N3O/c1-17-12-7-11(8-14-9-12)16-6-4-13(10-16)3-2-5-15-13/h7-9,15H,2-6,10H2,1H3. The van der Waals surface area contributed by atoms with Crippen molar-refractivity contribution in [3.8, 4) is 5.75 Å². The van der Waals surface area contributed by atoms with Crippen molar-refractivity contribution in [2.45, 2.75) is 24.8 Å². The van der Waals surface area contributed by atoms with E-state index in [0.717, 1.165) is 18.8 Å².